The zero-order valence-electron chi connectivity index (χ0n) is 18.6. The van der Waals surface area contributed by atoms with Crippen molar-refractivity contribution in [3.05, 3.63) is 23.3 Å². The molecular formula is C24H36O6. The lowest BCUT2D eigenvalue weighted by Gasteiger charge is -2.47. The molecule has 3 aliphatic rings. The van der Waals surface area contributed by atoms with Gasteiger partial charge in [-0.05, 0) is 74.3 Å². The van der Waals surface area contributed by atoms with Crippen molar-refractivity contribution in [3.63, 3.8) is 0 Å². The van der Waals surface area contributed by atoms with E-state index in [9.17, 15) is 19.8 Å². The third-order valence-electron chi connectivity index (χ3n) is 7.79. The molecule has 7 unspecified atom stereocenters. The molecule has 0 amide bonds. The molecule has 30 heavy (non-hydrogen) atoms. The normalized spacial score (nSPS) is 39.3. The maximum atomic E-state index is 11.8. The Morgan fingerprint density at radius 3 is 2.47 bits per heavy atom. The fourth-order valence-corrected chi connectivity index (χ4v) is 6.16. The quantitative estimate of drug-likeness (QED) is 0.537. The van der Waals surface area contributed by atoms with Crippen molar-refractivity contribution in [2.45, 2.75) is 84.5 Å². The molecule has 1 fully saturated rings. The summed E-state index contributed by atoms with van der Waals surface area (Å²) in [6.07, 6.45) is 2.28. The Morgan fingerprint density at radius 2 is 1.83 bits per heavy atom. The van der Waals surface area contributed by atoms with Crippen LogP contribution in [0.4, 0.5) is 0 Å². The summed E-state index contributed by atoms with van der Waals surface area (Å²) in [7, 11) is 0. The zero-order valence-corrected chi connectivity index (χ0v) is 18.6. The highest BCUT2D eigenvalue weighted by Gasteiger charge is 2.56. The van der Waals surface area contributed by atoms with E-state index in [2.05, 4.69) is 20.4 Å². The number of hydrogen-bond donors (Lipinski definition) is 2. The van der Waals surface area contributed by atoms with Gasteiger partial charge in [0.05, 0.1) is 12.7 Å². The summed E-state index contributed by atoms with van der Waals surface area (Å²) in [6.45, 7) is 11.6. The minimum Gasteiger partial charge on any atom is -0.466 e. The molecule has 0 aromatic carbocycles. The van der Waals surface area contributed by atoms with Gasteiger partial charge >= 0.3 is 11.9 Å². The largest absolute Gasteiger partial charge is 0.466 e. The predicted molar refractivity (Wildman–Crippen MR) is 112 cm³/mol. The van der Waals surface area contributed by atoms with Crippen LogP contribution in [0.25, 0.3) is 0 Å². The van der Waals surface area contributed by atoms with Crippen LogP contribution in [0, 0.1) is 23.2 Å². The van der Waals surface area contributed by atoms with E-state index in [-0.39, 0.29) is 29.7 Å². The van der Waals surface area contributed by atoms with Crippen LogP contribution in [0.1, 0.15) is 66.2 Å². The van der Waals surface area contributed by atoms with E-state index >= 15 is 0 Å². The number of carbonyl (C=O) groups is 2. The highest BCUT2D eigenvalue weighted by molar-refractivity contribution is 5.66. The number of aliphatic hydroxyl groups is 2. The van der Waals surface area contributed by atoms with Crippen molar-refractivity contribution in [1.82, 2.24) is 0 Å². The van der Waals surface area contributed by atoms with Gasteiger partial charge in [0, 0.05) is 19.3 Å². The molecule has 6 heteroatoms. The molecule has 0 saturated heterocycles. The standard InChI is InChI=1S/C24H36O6/c1-13-18-10-11-24(5)21(18)14(2)19(22(27)23(24)28)8-6-17(12-29-15(3)25)7-9-20(13)30-16(4)26/h17-18,20-23,27-28H,1,6-12H2,2-5H3. The van der Waals surface area contributed by atoms with E-state index in [0.29, 0.717) is 19.4 Å². The van der Waals surface area contributed by atoms with Gasteiger partial charge in [0.1, 0.15) is 12.2 Å². The van der Waals surface area contributed by atoms with Crippen molar-refractivity contribution in [2.24, 2.45) is 23.2 Å². The first kappa shape index (κ1) is 23.0. The van der Waals surface area contributed by atoms with E-state index in [1.807, 2.05) is 0 Å². The number of esters is 2. The average molecular weight is 421 g/mol. The number of rotatable bonds is 3. The Hall–Kier alpha value is -1.66. The molecule has 2 N–H and O–H groups in total. The topological polar surface area (TPSA) is 93.1 Å². The maximum Gasteiger partial charge on any atom is 0.303 e. The van der Waals surface area contributed by atoms with Crippen LogP contribution in [-0.2, 0) is 19.1 Å². The summed E-state index contributed by atoms with van der Waals surface area (Å²) < 4.78 is 11.0. The molecule has 3 rings (SSSR count). The van der Waals surface area contributed by atoms with Gasteiger partial charge in [-0.3, -0.25) is 9.59 Å². The Morgan fingerprint density at radius 1 is 1.13 bits per heavy atom. The van der Waals surface area contributed by atoms with Crippen LogP contribution in [0.2, 0.25) is 0 Å². The van der Waals surface area contributed by atoms with Crippen LogP contribution < -0.4 is 0 Å². The van der Waals surface area contributed by atoms with Gasteiger partial charge < -0.3 is 19.7 Å². The van der Waals surface area contributed by atoms with Crippen molar-refractivity contribution in [1.29, 1.82) is 0 Å². The molecule has 0 aromatic heterocycles. The molecule has 7 atom stereocenters. The van der Waals surface area contributed by atoms with Gasteiger partial charge in [0.15, 0.2) is 0 Å². The van der Waals surface area contributed by atoms with Crippen LogP contribution in [0.15, 0.2) is 23.3 Å². The Balaban J connectivity index is 2.00. The number of carbonyl (C=O) groups excluding carboxylic acids is 2. The summed E-state index contributed by atoms with van der Waals surface area (Å²) in [4.78, 5) is 23.1. The Bertz CT molecular complexity index is 740. The third-order valence-corrected chi connectivity index (χ3v) is 7.79. The SMILES string of the molecule is C=C1C(OC(C)=O)CCC(COC(C)=O)CCC2=C(C)C3C1CCC3(C)C(O)C2O. The first-order valence-electron chi connectivity index (χ1n) is 11.1. The summed E-state index contributed by atoms with van der Waals surface area (Å²) in [5.41, 5.74) is 2.51. The van der Waals surface area contributed by atoms with Gasteiger partial charge in [-0.1, -0.05) is 19.1 Å². The second-order valence-corrected chi connectivity index (χ2v) is 9.68. The number of ether oxygens (including phenoxy) is 2. The van der Waals surface area contributed by atoms with E-state index in [1.54, 1.807) is 0 Å². The monoisotopic (exact) mass is 420 g/mol. The molecule has 0 spiro atoms. The molecule has 0 aliphatic heterocycles. The molecule has 0 heterocycles. The zero-order chi connectivity index (χ0) is 22.2. The molecule has 168 valence electrons. The summed E-state index contributed by atoms with van der Waals surface area (Å²) >= 11 is 0. The van der Waals surface area contributed by atoms with Gasteiger partial charge in [-0.15, -0.1) is 0 Å². The first-order valence-corrected chi connectivity index (χ1v) is 11.1. The first-order chi connectivity index (χ1) is 14.1. The Kier molecular flexibility index (Phi) is 6.78. The van der Waals surface area contributed by atoms with Gasteiger partial charge in [0.2, 0.25) is 0 Å². The fraction of sp³-hybridized carbons (Fsp3) is 0.750. The lowest BCUT2D eigenvalue weighted by atomic mass is 9.61. The summed E-state index contributed by atoms with van der Waals surface area (Å²) in [5.74, 6) is -0.405. The van der Waals surface area contributed by atoms with E-state index in [4.69, 9.17) is 9.47 Å². The van der Waals surface area contributed by atoms with Crippen LogP contribution in [0.3, 0.4) is 0 Å². The molecule has 0 radical (unpaired) electrons. The molecule has 6 nitrogen and oxygen atoms in total. The predicted octanol–water partition coefficient (Wildman–Crippen LogP) is 3.31. The number of hydrogen-bond acceptors (Lipinski definition) is 6. The van der Waals surface area contributed by atoms with E-state index in [1.165, 1.54) is 13.8 Å². The summed E-state index contributed by atoms with van der Waals surface area (Å²) in [6, 6.07) is 0. The van der Waals surface area contributed by atoms with Crippen LogP contribution in [-0.4, -0.2) is 47.1 Å². The number of allylic oxidation sites excluding steroid dienone is 1. The minimum absolute atomic E-state index is 0.0708. The molecule has 3 aliphatic carbocycles. The highest BCUT2D eigenvalue weighted by Crippen LogP contribution is 2.59. The van der Waals surface area contributed by atoms with Gasteiger partial charge in [0.25, 0.3) is 0 Å². The van der Waals surface area contributed by atoms with E-state index in [0.717, 1.165) is 42.4 Å². The number of aliphatic hydroxyl groups excluding tert-OH is 2. The third kappa shape index (κ3) is 4.22. The van der Waals surface area contributed by atoms with Gasteiger partial charge in [-0.25, -0.2) is 0 Å². The van der Waals surface area contributed by atoms with Crippen molar-refractivity contribution >= 4 is 11.9 Å². The lowest BCUT2D eigenvalue weighted by Crippen LogP contribution is -2.50. The minimum atomic E-state index is -0.877. The molecule has 0 aromatic rings. The van der Waals surface area contributed by atoms with Crippen LogP contribution in [0.5, 0.6) is 0 Å². The molecular weight excluding hydrogens is 384 g/mol. The Labute approximate surface area is 179 Å². The second kappa shape index (κ2) is 8.83. The van der Waals surface area contributed by atoms with Crippen LogP contribution >= 0.6 is 0 Å². The molecule has 1 saturated carbocycles. The fourth-order valence-electron chi connectivity index (χ4n) is 6.16. The summed E-state index contributed by atoms with van der Waals surface area (Å²) in [5, 5.41) is 22.0. The molecule has 2 bridgehead atoms. The smallest absolute Gasteiger partial charge is 0.303 e. The average Bonchev–Trinajstić information content (AvgIpc) is 3.03. The van der Waals surface area contributed by atoms with E-state index < -0.39 is 23.7 Å². The lowest BCUT2D eigenvalue weighted by molar-refractivity contribution is -0.145. The van der Waals surface area contributed by atoms with Crippen molar-refractivity contribution < 1.29 is 29.3 Å². The second-order valence-electron chi connectivity index (χ2n) is 9.68. The van der Waals surface area contributed by atoms with Crippen molar-refractivity contribution in [2.75, 3.05) is 6.61 Å². The van der Waals surface area contributed by atoms with Gasteiger partial charge in [-0.2, -0.15) is 0 Å². The highest BCUT2D eigenvalue weighted by atomic mass is 16.5. The van der Waals surface area contributed by atoms with Crippen molar-refractivity contribution in [3.8, 4) is 0 Å². The maximum absolute atomic E-state index is 11.8.